The van der Waals surface area contributed by atoms with Gasteiger partial charge in [-0.3, -0.25) is 4.79 Å². The lowest BCUT2D eigenvalue weighted by Gasteiger charge is -2.08. The maximum absolute atomic E-state index is 11.8. The van der Waals surface area contributed by atoms with E-state index in [1.165, 1.54) is 16.9 Å². The van der Waals surface area contributed by atoms with Crippen LogP contribution >= 0.6 is 34.7 Å². The molecule has 0 bridgehead atoms. The Bertz CT molecular complexity index is 1050. The summed E-state index contributed by atoms with van der Waals surface area (Å²) in [7, 11) is 0. The Morgan fingerprint density at radius 3 is 2.73 bits per heavy atom. The Kier molecular flexibility index (Phi) is 4.80. The first kappa shape index (κ1) is 17.3. The van der Waals surface area contributed by atoms with Gasteiger partial charge in [0.05, 0.1) is 10.4 Å². The third-order valence-corrected chi connectivity index (χ3v) is 6.34. The average molecular weight is 400 g/mol. The van der Waals surface area contributed by atoms with Gasteiger partial charge in [0.2, 0.25) is 0 Å². The summed E-state index contributed by atoms with van der Waals surface area (Å²) in [6.07, 6.45) is 3.74. The first-order valence-electron chi connectivity index (χ1n) is 7.95. The molecule has 4 nitrogen and oxygen atoms in total. The van der Waals surface area contributed by atoms with Crippen molar-refractivity contribution >= 4 is 50.7 Å². The summed E-state index contributed by atoms with van der Waals surface area (Å²) < 4.78 is 0.784. The van der Waals surface area contributed by atoms with E-state index in [9.17, 15) is 4.79 Å². The Morgan fingerprint density at radius 1 is 1.23 bits per heavy atom. The average Bonchev–Trinajstić information content (AvgIpc) is 3.09. The van der Waals surface area contributed by atoms with Crippen molar-refractivity contribution < 1.29 is 4.79 Å². The molecule has 0 aliphatic carbocycles. The normalized spacial score (nSPS) is 13.8. The van der Waals surface area contributed by atoms with Crippen LogP contribution in [0.1, 0.15) is 22.6 Å². The molecule has 0 fully saturated rings. The van der Waals surface area contributed by atoms with Crippen molar-refractivity contribution in [2.24, 2.45) is 5.73 Å². The molecule has 0 saturated carbocycles. The van der Waals surface area contributed by atoms with E-state index in [-0.39, 0.29) is 5.69 Å². The highest BCUT2D eigenvalue weighted by Gasteiger charge is 2.18. The summed E-state index contributed by atoms with van der Waals surface area (Å²) in [6.45, 7) is 0. The lowest BCUT2D eigenvalue weighted by atomic mass is 10.0. The molecule has 3 aromatic rings. The number of benzene rings is 1. The van der Waals surface area contributed by atoms with Crippen molar-refractivity contribution in [1.29, 1.82) is 0 Å². The summed E-state index contributed by atoms with van der Waals surface area (Å²) in [5.74, 6) is -0.561. The minimum Gasteiger partial charge on any atom is -0.364 e. The number of allylic oxidation sites excluding steroid dienone is 2. The second-order valence-electron chi connectivity index (χ2n) is 5.88. The van der Waals surface area contributed by atoms with Crippen LogP contribution in [0.25, 0.3) is 20.5 Å². The molecule has 0 spiro atoms. The molecule has 130 valence electrons. The van der Waals surface area contributed by atoms with Gasteiger partial charge < -0.3 is 5.73 Å². The van der Waals surface area contributed by atoms with Gasteiger partial charge in [0.15, 0.2) is 5.69 Å². The minimum atomic E-state index is -0.561. The molecule has 7 heteroatoms. The van der Waals surface area contributed by atoms with Crippen LogP contribution in [-0.2, 0) is 6.42 Å². The summed E-state index contributed by atoms with van der Waals surface area (Å²) in [4.78, 5) is 12.8. The van der Waals surface area contributed by atoms with Gasteiger partial charge >= 0.3 is 0 Å². The van der Waals surface area contributed by atoms with Crippen molar-refractivity contribution in [3.63, 3.8) is 0 Å². The Hall–Kier alpha value is -2.15. The van der Waals surface area contributed by atoms with Gasteiger partial charge in [0, 0.05) is 21.7 Å². The standard InChI is InChI=1S/C19H14ClN3OS2/c20-13-5-3-12(4-6-13)16-9-14-15(8-11-2-1-7-25-10-11)22-23-17(19(21)24)18(14)26-16/h1,3-7,9-10H,2,8H2,(H2,21,24). The first-order chi connectivity index (χ1) is 12.6. The van der Waals surface area contributed by atoms with Gasteiger partial charge in [0.1, 0.15) is 0 Å². The molecule has 0 saturated heterocycles. The summed E-state index contributed by atoms with van der Waals surface area (Å²) in [5.41, 5.74) is 8.90. The fourth-order valence-corrected chi connectivity index (χ4v) is 4.77. The number of aromatic nitrogens is 2. The molecular formula is C19H14ClN3OS2. The highest BCUT2D eigenvalue weighted by Crippen LogP contribution is 2.37. The molecule has 1 aromatic carbocycles. The van der Waals surface area contributed by atoms with Crippen molar-refractivity contribution in [3.8, 4) is 10.4 Å². The highest BCUT2D eigenvalue weighted by atomic mass is 35.5. The number of amides is 1. The summed E-state index contributed by atoms with van der Waals surface area (Å²) in [5, 5.41) is 14.2. The van der Waals surface area contributed by atoms with E-state index >= 15 is 0 Å². The van der Waals surface area contributed by atoms with Gasteiger partial charge in [-0.1, -0.05) is 35.4 Å². The monoisotopic (exact) mass is 399 g/mol. The maximum atomic E-state index is 11.8. The quantitative estimate of drug-likeness (QED) is 0.655. The van der Waals surface area contributed by atoms with E-state index < -0.39 is 5.91 Å². The van der Waals surface area contributed by atoms with Gasteiger partial charge in [-0.2, -0.15) is 5.10 Å². The van der Waals surface area contributed by atoms with Gasteiger partial charge in [-0.15, -0.1) is 28.2 Å². The molecule has 1 amide bonds. The maximum Gasteiger partial charge on any atom is 0.270 e. The molecular weight excluding hydrogens is 386 g/mol. The van der Waals surface area contributed by atoms with Crippen molar-refractivity contribution in [3.05, 3.63) is 69.2 Å². The number of primary amides is 1. The number of nitrogens with two attached hydrogens (primary N) is 1. The zero-order chi connectivity index (χ0) is 18.1. The number of hydrogen-bond acceptors (Lipinski definition) is 5. The molecule has 1 aliphatic heterocycles. The summed E-state index contributed by atoms with van der Waals surface area (Å²) in [6, 6.07) is 9.69. The number of carbonyl (C=O) groups is 1. The molecule has 26 heavy (non-hydrogen) atoms. The van der Waals surface area contributed by atoms with Crippen LogP contribution in [0.3, 0.4) is 0 Å². The van der Waals surface area contributed by atoms with Crippen LogP contribution in [-0.4, -0.2) is 16.1 Å². The zero-order valence-corrected chi connectivity index (χ0v) is 16.0. The molecule has 1 aliphatic rings. The fourth-order valence-electron chi connectivity index (χ4n) is 2.81. The van der Waals surface area contributed by atoms with E-state index in [1.807, 2.05) is 24.3 Å². The van der Waals surface area contributed by atoms with E-state index in [1.54, 1.807) is 11.8 Å². The topological polar surface area (TPSA) is 68.9 Å². The van der Waals surface area contributed by atoms with Crippen LogP contribution in [0.15, 0.2) is 52.8 Å². The number of carbonyl (C=O) groups excluding carboxylic acids is 1. The molecule has 0 radical (unpaired) electrons. The van der Waals surface area contributed by atoms with Gasteiger partial charge in [-0.25, -0.2) is 0 Å². The molecule has 2 aromatic heterocycles. The number of fused-ring (bicyclic) bond motifs is 1. The number of rotatable bonds is 4. The number of hydrogen-bond donors (Lipinski definition) is 1. The van der Waals surface area contributed by atoms with Gasteiger partial charge in [-0.05, 0) is 41.0 Å². The summed E-state index contributed by atoms with van der Waals surface area (Å²) >= 11 is 9.15. The van der Waals surface area contributed by atoms with Crippen LogP contribution in [0.5, 0.6) is 0 Å². The minimum absolute atomic E-state index is 0.223. The number of thioether (sulfide) groups is 1. The molecule has 3 heterocycles. The lowest BCUT2D eigenvalue weighted by molar-refractivity contribution is 0.0996. The Balaban J connectivity index is 1.82. The third-order valence-electron chi connectivity index (χ3n) is 4.07. The van der Waals surface area contributed by atoms with Gasteiger partial charge in [0.25, 0.3) is 5.91 Å². The second kappa shape index (κ2) is 7.23. The van der Waals surface area contributed by atoms with Crippen LogP contribution < -0.4 is 5.73 Å². The van der Waals surface area contributed by atoms with Crippen molar-refractivity contribution in [2.45, 2.75) is 12.8 Å². The SMILES string of the molecule is NC(=O)c1nnc(CC2=CSC=CC2)c2cc(-c3ccc(Cl)cc3)sc12. The van der Waals surface area contributed by atoms with Crippen LogP contribution in [0.2, 0.25) is 5.02 Å². The smallest absolute Gasteiger partial charge is 0.270 e. The molecule has 2 N–H and O–H groups in total. The predicted molar refractivity (Wildman–Crippen MR) is 110 cm³/mol. The lowest BCUT2D eigenvalue weighted by Crippen LogP contribution is -2.14. The highest BCUT2D eigenvalue weighted by molar-refractivity contribution is 8.04. The van der Waals surface area contributed by atoms with E-state index in [4.69, 9.17) is 17.3 Å². The van der Waals surface area contributed by atoms with Crippen molar-refractivity contribution in [1.82, 2.24) is 10.2 Å². The van der Waals surface area contributed by atoms with E-state index in [0.717, 1.165) is 32.6 Å². The van der Waals surface area contributed by atoms with E-state index in [0.29, 0.717) is 11.4 Å². The molecule has 0 atom stereocenters. The predicted octanol–water partition coefficient (Wildman–Crippen LogP) is 5.19. The van der Waals surface area contributed by atoms with E-state index in [2.05, 4.69) is 33.2 Å². The Morgan fingerprint density at radius 2 is 2.04 bits per heavy atom. The molecule has 4 rings (SSSR count). The van der Waals surface area contributed by atoms with Crippen LogP contribution in [0, 0.1) is 0 Å². The fraction of sp³-hybridized carbons (Fsp3) is 0.105. The Labute approximate surface area is 163 Å². The van der Waals surface area contributed by atoms with Crippen molar-refractivity contribution in [2.75, 3.05) is 0 Å². The molecule has 0 unspecified atom stereocenters. The second-order valence-corrected chi connectivity index (χ2v) is 8.15. The largest absolute Gasteiger partial charge is 0.364 e. The van der Waals surface area contributed by atoms with Crippen LogP contribution in [0.4, 0.5) is 0 Å². The first-order valence-corrected chi connectivity index (χ1v) is 10.1. The number of nitrogens with zero attached hydrogens (tertiary/aromatic N) is 2. The zero-order valence-electron chi connectivity index (χ0n) is 13.6. The number of thiophene rings is 1. The third kappa shape index (κ3) is 3.40. The number of halogens is 1.